The molecular formula is C11H20N2O2S2. The van der Waals surface area contributed by atoms with Crippen molar-refractivity contribution in [1.82, 2.24) is 10.0 Å². The van der Waals surface area contributed by atoms with Crippen molar-refractivity contribution < 1.29 is 8.42 Å². The van der Waals surface area contributed by atoms with Crippen molar-refractivity contribution in [3.05, 3.63) is 21.9 Å². The minimum absolute atomic E-state index is 0.180. The van der Waals surface area contributed by atoms with E-state index >= 15 is 0 Å². The van der Waals surface area contributed by atoms with Gasteiger partial charge in [0.05, 0.1) is 5.75 Å². The Morgan fingerprint density at radius 1 is 1.29 bits per heavy atom. The van der Waals surface area contributed by atoms with Crippen LogP contribution in [-0.2, 0) is 23.0 Å². The Labute approximate surface area is 107 Å². The third kappa shape index (κ3) is 5.63. The van der Waals surface area contributed by atoms with Crippen LogP contribution in [0.15, 0.2) is 12.1 Å². The zero-order valence-electron chi connectivity index (χ0n) is 10.3. The Kier molecular flexibility index (Phi) is 6.11. The summed E-state index contributed by atoms with van der Waals surface area (Å²) in [7, 11) is -1.32. The standard InChI is InChI=1S/C11H20N2O2S2/c1-3-10-5-6-11(16-10)9-13-17(14,15)8-4-7-12-2/h5-6,12-13H,3-4,7-9H2,1-2H3. The average Bonchev–Trinajstić information content (AvgIpc) is 2.75. The van der Waals surface area contributed by atoms with Crippen LogP contribution in [0.5, 0.6) is 0 Å². The van der Waals surface area contributed by atoms with Crippen molar-refractivity contribution in [2.45, 2.75) is 26.3 Å². The van der Waals surface area contributed by atoms with Gasteiger partial charge < -0.3 is 5.32 Å². The molecule has 0 aromatic carbocycles. The molecule has 0 saturated heterocycles. The van der Waals surface area contributed by atoms with Gasteiger partial charge in [0, 0.05) is 16.3 Å². The first-order valence-corrected chi connectivity index (χ1v) is 8.24. The van der Waals surface area contributed by atoms with Crippen molar-refractivity contribution in [2.24, 2.45) is 0 Å². The highest BCUT2D eigenvalue weighted by Gasteiger charge is 2.09. The lowest BCUT2D eigenvalue weighted by Gasteiger charge is -2.05. The number of nitrogens with one attached hydrogen (secondary N) is 2. The van der Waals surface area contributed by atoms with Gasteiger partial charge >= 0.3 is 0 Å². The number of hydrogen-bond acceptors (Lipinski definition) is 4. The lowest BCUT2D eigenvalue weighted by Crippen LogP contribution is -2.27. The zero-order chi connectivity index (χ0) is 12.7. The SMILES string of the molecule is CCc1ccc(CNS(=O)(=O)CCCNC)s1. The third-order valence-electron chi connectivity index (χ3n) is 2.37. The van der Waals surface area contributed by atoms with E-state index in [1.165, 1.54) is 4.88 Å². The smallest absolute Gasteiger partial charge is 0.211 e. The highest BCUT2D eigenvalue weighted by molar-refractivity contribution is 7.89. The van der Waals surface area contributed by atoms with Gasteiger partial charge in [-0.1, -0.05) is 6.92 Å². The quantitative estimate of drug-likeness (QED) is 0.705. The minimum atomic E-state index is -3.13. The van der Waals surface area contributed by atoms with Gasteiger partial charge in [0.25, 0.3) is 0 Å². The summed E-state index contributed by atoms with van der Waals surface area (Å²) in [4.78, 5) is 2.36. The number of thiophene rings is 1. The molecule has 0 spiro atoms. The summed E-state index contributed by atoms with van der Waals surface area (Å²) in [6.45, 7) is 3.23. The lowest BCUT2D eigenvalue weighted by atomic mass is 10.4. The molecule has 1 heterocycles. The van der Waals surface area contributed by atoms with E-state index < -0.39 is 10.0 Å². The van der Waals surface area contributed by atoms with Gasteiger partial charge in [-0.2, -0.15) is 0 Å². The Morgan fingerprint density at radius 3 is 2.59 bits per heavy atom. The van der Waals surface area contributed by atoms with Crippen molar-refractivity contribution in [3.63, 3.8) is 0 Å². The maximum absolute atomic E-state index is 11.6. The minimum Gasteiger partial charge on any atom is -0.320 e. The molecule has 0 amide bonds. The Hall–Kier alpha value is -0.430. The fraction of sp³-hybridized carbons (Fsp3) is 0.636. The molecule has 4 nitrogen and oxygen atoms in total. The van der Waals surface area contributed by atoms with Gasteiger partial charge in [0.2, 0.25) is 10.0 Å². The summed E-state index contributed by atoms with van der Waals surface area (Å²) in [5.41, 5.74) is 0. The van der Waals surface area contributed by atoms with Crippen LogP contribution in [0.4, 0.5) is 0 Å². The van der Waals surface area contributed by atoms with E-state index in [4.69, 9.17) is 0 Å². The maximum atomic E-state index is 11.6. The first kappa shape index (κ1) is 14.6. The van der Waals surface area contributed by atoms with Crippen LogP contribution in [0.25, 0.3) is 0 Å². The van der Waals surface area contributed by atoms with E-state index in [1.54, 1.807) is 11.3 Å². The van der Waals surface area contributed by atoms with Crippen LogP contribution in [0.1, 0.15) is 23.1 Å². The normalized spacial score (nSPS) is 11.9. The first-order chi connectivity index (χ1) is 8.07. The molecule has 6 heteroatoms. The summed E-state index contributed by atoms with van der Waals surface area (Å²) >= 11 is 1.66. The third-order valence-corrected chi connectivity index (χ3v) is 5.01. The van der Waals surface area contributed by atoms with Gasteiger partial charge in [-0.25, -0.2) is 13.1 Å². The van der Waals surface area contributed by atoms with Crippen LogP contribution in [-0.4, -0.2) is 27.8 Å². The van der Waals surface area contributed by atoms with Gasteiger partial charge in [-0.05, 0) is 38.6 Å². The summed E-state index contributed by atoms with van der Waals surface area (Å²) in [6, 6.07) is 4.04. The summed E-state index contributed by atoms with van der Waals surface area (Å²) in [5.74, 6) is 0.180. The molecule has 0 fully saturated rings. The highest BCUT2D eigenvalue weighted by atomic mass is 32.2. The molecule has 0 aliphatic heterocycles. The summed E-state index contributed by atoms with van der Waals surface area (Å²) in [5, 5.41) is 2.93. The second kappa shape index (κ2) is 7.10. The average molecular weight is 276 g/mol. The molecule has 0 bridgehead atoms. The number of aryl methyl sites for hydroxylation is 1. The van der Waals surface area contributed by atoms with Crippen molar-refractivity contribution in [3.8, 4) is 0 Å². The zero-order valence-corrected chi connectivity index (χ0v) is 12.0. The summed E-state index contributed by atoms with van der Waals surface area (Å²) in [6.07, 6.45) is 1.63. The molecule has 0 radical (unpaired) electrons. The molecule has 17 heavy (non-hydrogen) atoms. The predicted molar refractivity (Wildman–Crippen MR) is 72.9 cm³/mol. The van der Waals surface area contributed by atoms with E-state index in [1.807, 2.05) is 13.1 Å². The largest absolute Gasteiger partial charge is 0.320 e. The van der Waals surface area contributed by atoms with E-state index in [-0.39, 0.29) is 5.75 Å². The molecule has 98 valence electrons. The van der Waals surface area contributed by atoms with E-state index in [0.29, 0.717) is 13.0 Å². The molecule has 0 aliphatic carbocycles. The molecule has 1 rings (SSSR count). The van der Waals surface area contributed by atoms with Crippen LogP contribution >= 0.6 is 11.3 Å². The van der Waals surface area contributed by atoms with Crippen molar-refractivity contribution in [1.29, 1.82) is 0 Å². The molecule has 0 saturated carbocycles. The van der Waals surface area contributed by atoms with E-state index in [2.05, 4.69) is 23.0 Å². The van der Waals surface area contributed by atoms with Crippen molar-refractivity contribution in [2.75, 3.05) is 19.3 Å². The first-order valence-electron chi connectivity index (χ1n) is 5.77. The van der Waals surface area contributed by atoms with E-state index in [0.717, 1.165) is 17.8 Å². The number of hydrogen-bond donors (Lipinski definition) is 2. The molecule has 0 atom stereocenters. The molecule has 1 aromatic heterocycles. The molecular weight excluding hydrogens is 256 g/mol. The molecule has 1 aromatic rings. The van der Waals surface area contributed by atoms with Crippen LogP contribution < -0.4 is 10.0 Å². The molecule has 0 aliphatic rings. The predicted octanol–water partition coefficient (Wildman–Crippen LogP) is 1.34. The van der Waals surface area contributed by atoms with Crippen molar-refractivity contribution >= 4 is 21.4 Å². The number of rotatable bonds is 8. The Bertz CT molecular complexity index is 426. The van der Waals surface area contributed by atoms with Gasteiger partial charge in [0.15, 0.2) is 0 Å². The van der Waals surface area contributed by atoms with Crippen LogP contribution in [0.2, 0.25) is 0 Å². The second-order valence-corrected chi connectivity index (χ2v) is 7.00. The maximum Gasteiger partial charge on any atom is 0.211 e. The van der Waals surface area contributed by atoms with Gasteiger partial charge in [-0.15, -0.1) is 11.3 Å². The molecule has 2 N–H and O–H groups in total. The fourth-order valence-corrected chi connectivity index (χ4v) is 3.43. The van der Waals surface area contributed by atoms with Gasteiger partial charge in [0.1, 0.15) is 0 Å². The number of sulfonamides is 1. The topological polar surface area (TPSA) is 58.2 Å². The van der Waals surface area contributed by atoms with E-state index in [9.17, 15) is 8.42 Å². The monoisotopic (exact) mass is 276 g/mol. The highest BCUT2D eigenvalue weighted by Crippen LogP contribution is 2.16. The van der Waals surface area contributed by atoms with Crippen LogP contribution in [0, 0.1) is 0 Å². The molecule has 0 unspecified atom stereocenters. The summed E-state index contributed by atoms with van der Waals surface area (Å²) < 4.78 is 25.9. The Balaban J connectivity index is 2.38. The second-order valence-electron chi connectivity index (χ2n) is 3.82. The van der Waals surface area contributed by atoms with Crippen LogP contribution in [0.3, 0.4) is 0 Å². The lowest BCUT2D eigenvalue weighted by molar-refractivity contribution is 0.577. The van der Waals surface area contributed by atoms with Gasteiger partial charge in [-0.3, -0.25) is 0 Å². The fourth-order valence-electron chi connectivity index (χ4n) is 1.40. The Morgan fingerprint density at radius 2 is 2.00 bits per heavy atom.